The van der Waals surface area contributed by atoms with Gasteiger partial charge in [-0.3, -0.25) is 0 Å². The molecule has 1 atom stereocenters. The maximum atomic E-state index is 4.62. The molecular weight excluding hydrogens is 274 g/mol. The van der Waals surface area contributed by atoms with E-state index in [2.05, 4.69) is 48.1 Å². The number of rotatable bonds is 4. The molecule has 2 heterocycles. The summed E-state index contributed by atoms with van der Waals surface area (Å²) in [6.45, 7) is 4.47. The van der Waals surface area contributed by atoms with Crippen LogP contribution in [0.4, 0.5) is 0 Å². The number of aromatic nitrogens is 5. The van der Waals surface area contributed by atoms with Gasteiger partial charge in [0.15, 0.2) is 0 Å². The molecule has 0 aliphatic heterocycles. The van der Waals surface area contributed by atoms with Crippen molar-refractivity contribution in [3.8, 4) is 0 Å². The van der Waals surface area contributed by atoms with Gasteiger partial charge in [-0.2, -0.15) is 0 Å². The van der Waals surface area contributed by atoms with Gasteiger partial charge in [-0.15, -0.1) is 5.10 Å². The first kappa shape index (κ1) is 11.3. The molecule has 0 bridgehead atoms. The molecule has 2 aromatic rings. The maximum Gasteiger partial charge on any atom is 0.129 e. The fraction of sp³-hybridized carbons (Fsp3) is 0.556. The first-order chi connectivity index (χ1) is 7.70. The van der Waals surface area contributed by atoms with Crippen LogP contribution in [0.25, 0.3) is 0 Å². The molecule has 0 saturated carbocycles. The molecule has 0 amide bonds. The Labute approximate surface area is 101 Å². The molecular formula is C9H12BrN5O. The van der Waals surface area contributed by atoms with Crippen LogP contribution in [0, 0.1) is 6.92 Å². The van der Waals surface area contributed by atoms with Gasteiger partial charge in [-0.05, 0) is 13.3 Å². The second-order valence-corrected chi connectivity index (χ2v) is 4.62. The Balaban J connectivity index is 2.11. The van der Waals surface area contributed by atoms with Gasteiger partial charge in [0.2, 0.25) is 0 Å². The number of nitrogens with zero attached hydrogens (tertiary/aromatic N) is 5. The molecule has 1 unspecified atom stereocenters. The number of hydrogen-bond acceptors (Lipinski definition) is 5. The van der Waals surface area contributed by atoms with Crippen molar-refractivity contribution in [1.82, 2.24) is 25.3 Å². The van der Waals surface area contributed by atoms with E-state index in [0.29, 0.717) is 6.54 Å². The summed E-state index contributed by atoms with van der Waals surface area (Å²) in [4.78, 5) is 0.248. The van der Waals surface area contributed by atoms with Crippen LogP contribution in [0.5, 0.6) is 0 Å². The Bertz CT molecular complexity index is 466. The van der Waals surface area contributed by atoms with E-state index in [0.717, 1.165) is 23.5 Å². The monoisotopic (exact) mass is 285 g/mol. The summed E-state index contributed by atoms with van der Waals surface area (Å²) in [7, 11) is 0. The van der Waals surface area contributed by atoms with E-state index in [1.165, 1.54) is 0 Å². The lowest BCUT2D eigenvalue weighted by Crippen LogP contribution is -2.02. The number of hydrogen-bond donors (Lipinski definition) is 0. The fourth-order valence-electron chi connectivity index (χ4n) is 1.29. The third kappa shape index (κ3) is 2.29. The SMILES string of the molecule is CCC(Br)c1cn(Cc2nonc2C)nn1. The van der Waals surface area contributed by atoms with Crippen molar-refractivity contribution in [3.63, 3.8) is 0 Å². The molecule has 0 aliphatic carbocycles. The summed E-state index contributed by atoms with van der Waals surface area (Å²) >= 11 is 3.53. The molecule has 0 saturated heterocycles. The molecule has 0 aromatic carbocycles. The van der Waals surface area contributed by atoms with Crippen LogP contribution in [-0.2, 0) is 6.54 Å². The van der Waals surface area contributed by atoms with Crippen LogP contribution < -0.4 is 0 Å². The predicted octanol–water partition coefficient (Wildman–Crippen LogP) is 1.86. The minimum Gasteiger partial charge on any atom is -0.246 e. The Morgan fingerprint density at radius 1 is 1.50 bits per heavy atom. The lowest BCUT2D eigenvalue weighted by molar-refractivity contribution is 0.300. The smallest absolute Gasteiger partial charge is 0.129 e. The van der Waals surface area contributed by atoms with Crippen molar-refractivity contribution in [2.45, 2.75) is 31.6 Å². The van der Waals surface area contributed by atoms with Crippen molar-refractivity contribution in [1.29, 1.82) is 0 Å². The third-order valence-electron chi connectivity index (χ3n) is 2.29. The Kier molecular flexibility index (Phi) is 3.33. The highest BCUT2D eigenvalue weighted by molar-refractivity contribution is 9.09. The van der Waals surface area contributed by atoms with Crippen LogP contribution in [0.15, 0.2) is 10.8 Å². The molecule has 0 aliphatic rings. The van der Waals surface area contributed by atoms with E-state index in [-0.39, 0.29) is 4.83 Å². The van der Waals surface area contributed by atoms with Gasteiger partial charge in [0.05, 0.1) is 23.3 Å². The Morgan fingerprint density at radius 2 is 2.31 bits per heavy atom. The van der Waals surface area contributed by atoms with Crippen molar-refractivity contribution >= 4 is 15.9 Å². The molecule has 2 aromatic heterocycles. The van der Waals surface area contributed by atoms with E-state index < -0.39 is 0 Å². The molecule has 2 rings (SSSR count). The first-order valence-corrected chi connectivity index (χ1v) is 5.94. The van der Waals surface area contributed by atoms with Crippen LogP contribution in [0.1, 0.15) is 35.3 Å². The van der Waals surface area contributed by atoms with E-state index in [4.69, 9.17) is 0 Å². The van der Waals surface area contributed by atoms with Gasteiger partial charge in [0.1, 0.15) is 11.4 Å². The Morgan fingerprint density at radius 3 is 2.94 bits per heavy atom. The van der Waals surface area contributed by atoms with Crippen LogP contribution in [-0.4, -0.2) is 25.3 Å². The minimum atomic E-state index is 0.248. The van der Waals surface area contributed by atoms with Gasteiger partial charge in [0, 0.05) is 0 Å². The summed E-state index contributed by atoms with van der Waals surface area (Å²) in [6, 6.07) is 0. The van der Waals surface area contributed by atoms with Crippen molar-refractivity contribution in [2.24, 2.45) is 0 Å². The van der Waals surface area contributed by atoms with E-state index in [1.54, 1.807) is 4.68 Å². The highest BCUT2D eigenvalue weighted by Gasteiger charge is 2.11. The zero-order valence-electron chi connectivity index (χ0n) is 9.09. The molecule has 16 heavy (non-hydrogen) atoms. The fourth-order valence-corrected chi connectivity index (χ4v) is 1.50. The topological polar surface area (TPSA) is 69.6 Å². The van der Waals surface area contributed by atoms with Gasteiger partial charge < -0.3 is 0 Å². The first-order valence-electron chi connectivity index (χ1n) is 5.02. The second-order valence-electron chi connectivity index (χ2n) is 3.51. The predicted molar refractivity (Wildman–Crippen MR) is 60.1 cm³/mol. The largest absolute Gasteiger partial charge is 0.246 e. The van der Waals surface area contributed by atoms with Crippen LogP contribution in [0.3, 0.4) is 0 Å². The van der Waals surface area contributed by atoms with Gasteiger partial charge >= 0.3 is 0 Å². The highest BCUT2D eigenvalue weighted by Crippen LogP contribution is 2.23. The van der Waals surface area contributed by atoms with E-state index >= 15 is 0 Å². The highest BCUT2D eigenvalue weighted by atomic mass is 79.9. The number of aryl methyl sites for hydroxylation is 1. The lowest BCUT2D eigenvalue weighted by atomic mass is 10.3. The molecule has 0 radical (unpaired) electrons. The van der Waals surface area contributed by atoms with Crippen molar-refractivity contribution in [2.75, 3.05) is 0 Å². The molecule has 6 nitrogen and oxygen atoms in total. The van der Waals surface area contributed by atoms with Crippen LogP contribution in [0.2, 0.25) is 0 Å². The average molecular weight is 286 g/mol. The minimum absolute atomic E-state index is 0.248. The Hall–Kier alpha value is -1.24. The normalized spacial score (nSPS) is 12.9. The van der Waals surface area contributed by atoms with Gasteiger partial charge in [0.25, 0.3) is 0 Å². The van der Waals surface area contributed by atoms with Crippen molar-refractivity contribution in [3.05, 3.63) is 23.3 Å². The molecule has 7 heteroatoms. The van der Waals surface area contributed by atoms with Gasteiger partial charge in [-0.25, -0.2) is 9.31 Å². The van der Waals surface area contributed by atoms with Crippen LogP contribution >= 0.6 is 15.9 Å². The standard InChI is InChI=1S/C9H12BrN5O/c1-3-7(10)9-5-15(14-11-9)4-8-6(2)12-16-13-8/h5,7H,3-4H2,1-2H3. The van der Waals surface area contributed by atoms with Gasteiger partial charge in [-0.1, -0.05) is 38.4 Å². The summed E-state index contributed by atoms with van der Waals surface area (Å²) < 4.78 is 6.35. The lowest BCUT2D eigenvalue weighted by Gasteiger charge is -1.99. The van der Waals surface area contributed by atoms with Crippen molar-refractivity contribution < 1.29 is 4.63 Å². The number of alkyl halides is 1. The summed E-state index contributed by atoms with van der Waals surface area (Å²) in [5.41, 5.74) is 2.48. The molecule has 0 spiro atoms. The summed E-state index contributed by atoms with van der Waals surface area (Å²) in [5.74, 6) is 0. The van der Waals surface area contributed by atoms with E-state index in [1.807, 2.05) is 13.1 Å². The molecule has 86 valence electrons. The summed E-state index contributed by atoms with van der Waals surface area (Å²) in [6.07, 6.45) is 2.88. The molecule has 0 N–H and O–H groups in total. The quantitative estimate of drug-likeness (QED) is 0.802. The summed E-state index contributed by atoms with van der Waals surface area (Å²) in [5, 5.41) is 15.6. The van der Waals surface area contributed by atoms with E-state index in [9.17, 15) is 0 Å². The average Bonchev–Trinajstić information content (AvgIpc) is 2.89. The molecule has 0 fully saturated rings. The zero-order chi connectivity index (χ0) is 11.5. The number of halogens is 1. The maximum absolute atomic E-state index is 4.62. The second kappa shape index (κ2) is 4.73. The zero-order valence-corrected chi connectivity index (χ0v) is 10.7. The third-order valence-corrected chi connectivity index (χ3v) is 3.41.